The van der Waals surface area contributed by atoms with Gasteiger partial charge in [-0.1, -0.05) is 25.1 Å². The molecule has 0 aliphatic heterocycles. The molecule has 98 valence electrons. The van der Waals surface area contributed by atoms with Crippen LogP contribution in [0.2, 0.25) is 0 Å². The number of benzene rings is 1. The van der Waals surface area contributed by atoms with E-state index in [0.717, 1.165) is 30.2 Å². The molecule has 0 radical (unpaired) electrons. The van der Waals surface area contributed by atoms with E-state index in [4.69, 9.17) is 0 Å². The van der Waals surface area contributed by atoms with Gasteiger partial charge in [-0.05, 0) is 42.0 Å². The van der Waals surface area contributed by atoms with Gasteiger partial charge in [0.1, 0.15) is 0 Å². The lowest BCUT2D eigenvalue weighted by Gasteiger charge is -2.27. The van der Waals surface area contributed by atoms with E-state index in [1.54, 1.807) is 11.3 Å². The molecule has 3 rings (SSSR count). The van der Waals surface area contributed by atoms with Crippen LogP contribution in [-0.2, 0) is 0 Å². The molecule has 1 heterocycles. The zero-order valence-corrected chi connectivity index (χ0v) is 11.8. The summed E-state index contributed by atoms with van der Waals surface area (Å²) >= 11 is 1.64. The van der Waals surface area contributed by atoms with Gasteiger partial charge in [-0.2, -0.15) is 5.26 Å². The lowest BCUT2D eigenvalue weighted by molar-refractivity contribution is 0.0663. The molecule has 1 aliphatic rings. The van der Waals surface area contributed by atoms with Gasteiger partial charge in [-0.15, -0.1) is 11.3 Å². The van der Waals surface area contributed by atoms with E-state index < -0.39 is 11.5 Å². The van der Waals surface area contributed by atoms with Gasteiger partial charge in [-0.25, -0.2) is 0 Å². The van der Waals surface area contributed by atoms with E-state index in [2.05, 4.69) is 19.1 Å². The van der Waals surface area contributed by atoms with Crippen LogP contribution in [0.1, 0.15) is 37.9 Å². The van der Waals surface area contributed by atoms with Gasteiger partial charge in [0.25, 0.3) is 0 Å². The maximum Gasteiger partial charge on any atom is 0.0990 e. The second-order valence-electron chi connectivity index (χ2n) is 5.71. The highest BCUT2D eigenvalue weighted by Gasteiger charge is 2.45. The number of hydrogen-bond donors (Lipinski definition) is 1. The third-order valence-corrected chi connectivity index (χ3v) is 5.33. The molecule has 2 nitrogen and oxygen atoms in total. The number of aliphatic hydroxyl groups is 1. The minimum absolute atomic E-state index is 0.527. The highest BCUT2D eigenvalue weighted by molar-refractivity contribution is 7.17. The molecule has 1 aliphatic carbocycles. The Morgan fingerprint density at radius 1 is 1.47 bits per heavy atom. The molecule has 0 bridgehead atoms. The molecule has 1 aromatic heterocycles. The maximum atomic E-state index is 10.8. The van der Waals surface area contributed by atoms with E-state index in [1.807, 2.05) is 23.6 Å². The lowest BCUT2D eigenvalue weighted by Crippen LogP contribution is -2.24. The Hall–Kier alpha value is -1.37. The van der Waals surface area contributed by atoms with Crippen molar-refractivity contribution in [3.63, 3.8) is 0 Å². The molecule has 1 saturated carbocycles. The predicted molar refractivity (Wildman–Crippen MR) is 77.8 cm³/mol. The summed E-state index contributed by atoms with van der Waals surface area (Å²) < 4.78 is 1.18. The topological polar surface area (TPSA) is 44.0 Å². The summed E-state index contributed by atoms with van der Waals surface area (Å²) in [5, 5.41) is 23.4. The SMILES string of the molecule is CC1CCC(C#N)(C(O)c2csc3ccccc23)C1. The third kappa shape index (κ3) is 1.96. The first-order chi connectivity index (χ1) is 9.16. The average molecular weight is 271 g/mol. The zero-order chi connectivity index (χ0) is 13.5. The van der Waals surface area contributed by atoms with Crippen LogP contribution in [0.4, 0.5) is 0 Å². The molecule has 1 aromatic carbocycles. The van der Waals surface area contributed by atoms with Crippen molar-refractivity contribution >= 4 is 21.4 Å². The van der Waals surface area contributed by atoms with Crippen molar-refractivity contribution in [3.8, 4) is 6.07 Å². The third-order valence-electron chi connectivity index (χ3n) is 4.35. The Morgan fingerprint density at radius 2 is 2.26 bits per heavy atom. The van der Waals surface area contributed by atoms with Crippen molar-refractivity contribution in [1.82, 2.24) is 0 Å². The largest absolute Gasteiger partial charge is 0.387 e. The molecule has 3 heteroatoms. The van der Waals surface area contributed by atoms with Gasteiger partial charge in [0.2, 0.25) is 0 Å². The molecule has 1 fully saturated rings. The number of nitrogens with zero attached hydrogens (tertiary/aromatic N) is 1. The highest BCUT2D eigenvalue weighted by Crippen LogP contribution is 2.51. The van der Waals surface area contributed by atoms with Gasteiger partial charge in [0.15, 0.2) is 0 Å². The van der Waals surface area contributed by atoms with Crippen molar-refractivity contribution in [2.45, 2.75) is 32.3 Å². The second kappa shape index (κ2) is 4.63. The summed E-state index contributed by atoms with van der Waals surface area (Å²) in [4.78, 5) is 0. The number of fused-ring (bicyclic) bond motifs is 1. The van der Waals surface area contributed by atoms with Crippen LogP contribution >= 0.6 is 11.3 Å². The van der Waals surface area contributed by atoms with Crippen molar-refractivity contribution in [2.75, 3.05) is 0 Å². The maximum absolute atomic E-state index is 10.8. The first-order valence-electron chi connectivity index (χ1n) is 6.72. The molecule has 0 amide bonds. The van der Waals surface area contributed by atoms with Gasteiger partial charge >= 0.3 is 0 Å². The summed E-state index contributed by atoms with van der Waals surface area (Å²) in [5.41, 5.74) is 0.333. The summed E-state index contributed by atoms with van der Waals surface area (Å²) in [7, 11) is 0. The molecule has 0 saturated heterocycles. The van der Waals surface area contributed by atoms with Gasteiger partial charge < -0.3 is 5.11 Å². The summed E-state index contributed by atoms with van der Waals surface area (Å²) in [6.45, 7) is 2.16. The fraction of sp³-hybridized carbons (Fsp3) is 0.438. The number of hydrogen-bond acceptors (Lipinski definition) is 3. The first-order valence-corrected chi connectivity index (χ1v) is 7.60. The Labute approximate surface area is 117 Å². The number of nitriles is 1. The quantitative estimate of drug-likeness (QED) is 0.886. The van der Waals surface area contributed by atoms with E-state index in [9.17, 15) is 10.4 Å². The first kappa shape index (κ1) is 12.7. The number of rotatable bonds is 2. The molecule has 0 spiro atoms. The summed E-state index contributed by atoms with van der Waals surface area (Å²) in [5.74, 6) is 0.527. The minimum atomic E-state index is -0.668. The Bertz CT molecular complexity index is 641. The summed E-state index contributed by atoms with van der Waals surface area (Å²) in [6.07, 6.45) is 1.97. The Morgan fingerprint density at radius 3 is 2.95 bits per heavy atom. The van der Waals surface area contributed by atoms with Crippen LogP contribution in [-0.4, -0.2) is 5.11 Å². The molecule has 3 atom stereocenters. The standard InChI is InChI=1S/C16H17NOS/c1-11-6-7-16(8-11,10-17)15(18)13-9-19-14-5-3-2-4-12(13)14/h2-5,9,11,15,18H,6-8H2,1H3. The number of aliphatic hydroxyl groups excluding tert-OH is 1. The van der Waals surface area contributed by atoms with Crippen LogP contribution in [0.15, 0.2) is 29.6 Å². The van der Waals surface area contributed by atoms with Crippen LogP contribution in [0.5, 0.6) is 0 Å². The molecular formula is C16H17NOS. The molecule has 2 aromatic rings. The van der Waals surface area contributed by atoms with E-state index in [1.165, 1.54) is 4.70 Å². The molecular weight excluding hydrogens is 254 g/mol. The Kier molecular flexibility index (Phi) is 3.08. The van der Waals surface area contributed by atoms with Crippen molar-refractivity contribution in [1.29, 1.82) is 5.26 Å². The van der Waals surface area contributed by atoms with E-state index >= 15 is 0 Å². The lowest BCUT2D eigenvalue weighted by atomic mass is 9.78. The zero-order valence-electron chi connectivity index (χ0n) is 11.0. The van der Waals surface area contributed by atoms with Gasteiger partial charge in [0, 0.05) is 10.3 Å². The average Bonchev–Trinajstić information content (AvgIpc) is 3.02. The van der Waals surface area contributed by atoms with E-state index in [-0.39, 0.29) is 0 Å². The Balaban J connectivity index is 2.04. The van der Waals surface area contributed by atoms with Crippen LogP contribution in [0.25, 0.3) is 10.1 Å². The van der Waals surface area contributed by atoms with Crippen molar-refractivity contribution < 1.29 is 5.11 Å². The summed E-state index contributed by atoms with van der Waals surface area (Å²) in [6, 6.07) is 10.5. The normalized spacial score (nSPS) is 28.4. The van der Waals surface area contributed by atoms with Crippen LogP contribution in [0, 0.1) is 22.7 Å². The fourth-order valence-corrected chi connectivity index (χ4v) is 4.23. The smallest absolute Gasteiger partial charge is 0.0990 e. The van der Waals surface area contributed by atoms with Gasteiger partial charge in [0.05, 0.1) is 17.6 Å². The molecule has 19 heavy (non-hydrogen) atoms. The second-order valence-corrected chi connectivity index (χ2v) is 6.62. The van der Waals surface area contributed by atoms with Crippen molar-refractivity contribution in [2.24, 2.45) is 11.3 Å². The van der Waals surface area contributed by atoms with Gasteiger partial charge in [-0.3, -0.25) is 0 Å². The number of thiophene rings is 1. The molecule has 1 N–H and O–H groups in total. The minimum Gasteiger partial charge on any atom is -0.387 e. The highest BCUT2D eigenvalue weighted by atomic mass is 32.1. The predicted octanol–water partition coefficient (Wildman–Crippen LogP) is 4.26. The van der Waals surface area contributed by atoms with E-state index in [0.29, 0.717) is 5.92 Å². The molecule has 3 unspecified atom stereocenters. The van der Waals surface area contributed by atoms with Crippen LogP contribution in [0.3, 0.4) is 0 Å². The van der Waals surface area contributed by atoms with Crippen LogP contribution < -0.4 is 0 Å². The van der Waals surface area contributed by atoms with Crippen molar-refractivity contribution in [3.05, 3.63) is 35.2 Å². The fourth-order valence-electron chi connectivity index (χ4n) is 3.25. The monoisotopic (exact) mass is 271 g/mol.